The van der Waals surface area contributed by atoms with E-state index in [4.69, 9.17) is 14.2 Å². The van der Waals surface area contributed by atoms with Crippen molar-refractivity contribution in [2.75, 3.05) is 14.2 Å². The van der Waals surface area contributed by atoms with Crippen molar-refractivity contribution in [3.63, 3.8) is 0 Å². The van der Waals surface area contributed by atoms with Crippen molar-refractivity contribution in [2.24, 2.45) is 0 Å². The van der Waals surface area contributed by atoms with Crippen LogP contribution in [-0.4, -0.2) is 36.2 Å². The molecule has 0 aromatic heterocycles. The number of benzene rings is 2. The number of aromatic hydroxyl groups is 1. The van der Waals surface area contributed by atoms with Gasteiger partial charge in [-0.1, -0.05) is 30.9 Å². The van der Waals surface area contributed by atoms with Gasteiger partial charge in [-0.05, 0) is 47.5 Å². The zero-order valence-corrected chi connectivity index (χ0v) is 17.1. The molecule has 2 aromatic carbocycles. The maximum atomic E-state index is 12.0. The van der Waals surface area contributed by atoms with Crippen molar-refractivity contribution in [1.82, 2.24) is 0 Å². The number of phenolic OH excluding ortho intramolecular Hbond substituents is 1. The number of aliphatic hydroxyl groups is 1. The number of ether oxygens (including phenoxy) is 3. The number of carbonyl (C=O) groups excluding carboxylic acids is 2. The first-order valence-electron chi connectivity index (χ1n) is 9.06. The van der Waals surface area contributed by atoms with Gasteiger partial charge in [0.05, 0.1) is 14.2 Å². The highest BCUT2D eigenvalue weighted by atomic mass is 16.6. The van der Waals surface area contributed by atoms with Crippen LogP contribution in [0.25, 0.3) is 12.2 Å². The van der Waals surface area contributed by atoms with E-state index in [9.17, 15) is 19.8 Å². The molecule has 2 aromatic rings. The summed E-state index contributed by atoms with van der Waals surface area (Å²) in [5, 5.41) is 19.6. The molecule has 0 unspecified atom stereocenters. The smallest absolute Gasteiger partial charge is 0.335 e. The fourth-order valence-electron chi connectivity index (χ4n) is 2.42. The van der Waals surface area contributed by atoms with E-state index in [0.717, 1.165) is 12.2 Å². The summed E-state index contributed by atoms with van der Waals surface area (Å²) in [6, 6.07) is 9.45. The molecule has 0 heterocycles. The van der Waals surface area contributed by atoms with E-state index in [1.165, 1.54) is 38.5 Å². The topological polar surface area (TPSA) is 102 Å². The zero-order chi connectivity index (χ0) is 22.8. The average Bonchev–Trinajstić information content (AvgIpc) is 2.77. The minimum atomic E-state index is -0.612. The monoisotopic (exact) mass is 422 g/mol. The Hall–Kier alpha value is -4.26. The molecule has 0 radical (unpaired) electrons. The quantitative estimate of drug-likeness (QED) is 0.205. The number of methoxy groups -OCH3 is 2. The minimum Gasteiger partial charge on any atom is -0.508 e. The summed E-state index contributed by atoms with van der Waals surface area (Å²) in [6.07, 6.45) is 7.82. The second-order valence-corrected chi connectivity index (χ2v) is 6.11. The molecule has 31 heavy (non-hydrogen) atoms. The maximum Gasteiger partial charge on any atom is 0.335 e. The Morgan fingerprint density at radius 3 is 2.16 bits per heavy atom. The summed E-state index contributed by atoms with van der Waals surface area (Å²) in [5.74, 6) is -0.453. The molecule has 2 rings (SSSR count). The van der Waals surface area contributed by atoms with Crippen molar-refractivity contribution in [2.45, 2.75) is 0 Å². The van der Waals surface area contributed by atoms with Gasteiger partial charge in [-0.25, -0.2) is 4.79 Å². The number of hydrogen-bond donors (Lipinski definition) is 2. The fraction of sp³-hybridized carbons (Fsp3) is 0.0833. The number of phenols is 1. The summed E-state index contributed by atoms with van der Waals surface area (Å²) in [5.41, 5.74) is 1.30. The van der Waals surface area contributed by atoms with E-state index in [1.807, 2.05) is 0 Å². The molecule has 2 N–H and O–H groups in total. The Morgan fingerprint density at radius 2 is 1.52 bits per heavy atom. The van der Waals surface area contributed by atoms with E-state index >= 15 is 0 Å². The number of aliphatic hydroxyl groups excluding tert-OH is 1. The Labute approximate surface area is 179 Å². The fourth-order valence-corrected chi connectivity index (χ4v) is 2.42. The number of hydrogen-bond acceptors (Lipinski definition) is 7. The minimum absolute atomic E-state index is 0.00261. The van der Waals surface area contributed by atoms with Crippen LogP contribution in [0.2, 0.25) is 0 Å². The lowest BCUT2D eigenvalue weighted by Gasteiger charge is -2.08. The van der Waals surface area contributed by atoms with Crippen LogP contribution in [0.15, 0.2) is 73.0 Å². The third kappa shape index (κ3) is 6.93. The molecule has 0 saturated carbocycles. The highest BCUT2D eigenvalue weighted by Gasteiger charge is 2.08. The van der Waals surface area contributed by atoms with Gasteiger partial charge in [-0.15, -0.1) is 0 Å². The van der Waals surface area contributed by atoms with Crippen LogP contribution in [0.3, 0.4) is 0 Å². The van der Waals surface area contributed by atoms with Gasteiger partial charge >= 0.3 is 5.97 Å². The van der Waals surface area contributed by atoms with E-state index in [1.54, 1.807) is 36.4 Å². The normalized spacial score (nSPS) is 11.5. The third-order valence-electron chi connectivity index (χ3n) is 3.95. The van der Waals surface area contributed by atoms with Crippen molar-refractivity contribution in [1.29, 1.82) is 0 Å². The second kappa shape index (κ2) is 11.1. The van der Waals surface area contributed by atoms with Crippen LogP contribution in [-0.2, 0) is 9.59 Å². The molecule has 7 nitrogen and oxygen atoms in total. The van der Waals surface area contributed by atoms with Gasteiger partial charge in [0.2, 0.25) is 0 Å². The molecule has 0 fully saturated rings. The van der Waals surface area contributed by atoms with E-state index in [-0.39, 0.29) is 23.0 Å². The third-order valence-corrected chi connectivity index (χ3v) is 3.95. The number of rotatable bonds is 9. The predicted molar refractivity (Wildman–Crippen MR) is 117 cm³/mol. The van der Waals surface area contributed by atoms with E-state index < -0.39 is 11.8 Å². The van der Waals surface area contributed by atoms with Crippen LogP contribution >= 0.6 is 0 Å². The lowest BCUT2D eigenvalue weighted by Crippen LogP contribution is -2.04. The summed E-state index contributed by atoms with van der Waals surface area (Å²) in [6.45, 7) is 3.34. The van der Waals surface area contributed by atoms with Gasteiger partial charge in [0.1, 0.15) is 5.76 Å². The number of ketones is 1. The molecule has 0 aliphatic rings. The van der Waals surface area contributed by atoms with Crippen LogP contribution in [0.4, 0.5) is 0 Å². The van der Waals surface area contributed by atoms with Gasteiger partial charge in [0.25, 0.3) is 0 Å². The molecule has 0 aliphatic heterocycles. The molecule has 0 saturated heterocycles. The van der Waals surface area contributed by atoms with Gasteiger partial charge in [0, 0.05) is 12.2 Å². The Morgan fingerprint density at radius 1 is 0.903 bits per heavy atom. The van der Waals surface area contributed by atoms with Crippen molar-refractivity contribution < 1.29 is 34.0 Å². The molecular formula is C24H22O7. The SMILES string of the molecule is C=CC(=O)Oc1ccc(/C=C/C(O)=C/C(=O)/C=C/c2ccc(O)c(OC)c2)cc1OC. The molecule has 0 atom stereocenters. The number of allylic oxidation sites excluding steroid dienone is 3. The van der Waals surface area contributed by atoms with Gasteiger partial charge in [-0.3, -0.25) is 4.79 Å². The molecule has 7 heteroatoms. The van der Waals surface area contributed by atoms with Crippen molar-refractivity contribution >= 4 is 23.9 Å². The summed E-state index contributed by atoms with van der Waals surface area (Å²) in [7, 11) is 2.86. The maximum absolute atomic E-state index is 12.0. The average molecular weight is 422 g/mol. The van der Waals surface area contributed by atoms with Gasteiger partial charge in [0.15, 0.2) is 28.8 Å². The molecule has 0 bridgehead atoms. The first kappa shape index (κ1) is 23.0. The first-order valence-corrected chi connectivity index (χ1v) is 9.06. The number of esters is 1. The molecular weight excluding hydrogens is 400 g/mol. The van der Waals surface area contributed by atoms with E-state index in [0.29, 0.717) is 16.9 Å². The highest BCUT2D eigenvalue weighted by Crippen LogP contribution is 2.29. The molecule has 0 amide bonds. The lowest BCUT2D eigenvalue weighted by molar-refractivity contribution is -0.129. The number of carbonyl (C=O) groups is 2. The van der Waals surface area contributed by atoms with Crippen LogP contribution < -0.4 is 14.2 Å². The Bertz CT molecular complexity index is 1060. The van der Waals surface area contributed by atoms with E-state index in [2.05, 4.69) is 6.58 Å². The van der Waals surface area contributed by atoms with Crippen LogP contribution in [0, 0.1) is 0 Å². The van der Waals surface area contributed by atoms with Crippen LogP contribution in [0.1, 0.15) is 11.1 Å². The van der Waals surface area contributed by atoms with Gasteiger partial charge < -0.3 is 24.4 Å². The standard InChI is InChI=1S/C24H22O7/c1-4-24(28)31-21-12-8-17(14-23(21)30-3)6-10-19(26)15-18(25)9-5-16-7-11-20(27)22(13-16)29-2/h4-15,26-27H,1H2,2-3H3/b9-5+,10-6+,19-15-. The van der Waals surface area contributed by atoms with Crippen molar-refractivity contribution in [3.8, 4) is 23.0 Å². The van der Waals surface area contributed by atoms with Crippen LogP contribution in [0.5, 0.6) is 23.0 Å². The molecule has 0 aliphatic carbocycles. The summed E-state index contributed by atoms with van der Waals surface area (Å²) >= 11 is 0. The summed E-state index contributed by atoms with van der Waals surface area (Å²) in [4.78, 5) is 23.4. The first-order chi connectivity index (χ1) is 14.9. The molecule has 0 spiro atoms. The van der Waals surface area contributed by atoms with Crippen molar-refractivity contribution in [3.05, 3.63) is 84.2 Å². The Balaban J connectivity index is 2.07. The highest BCUT2D eigenvalue weighted by molar-refractivity contribution is 6.02. The largest absolute Gasteiger partial charge is 0.508 e. The lowest BCUT2D eigenvalue weighted by atomic mass is 10.1. The Kier molecular flexibility index (Phi) is 8.22. The summed E-state index contributed by atoms with van der Waals surface area (Å²) < 4.78 is 15.3. The zero-order valence-electron chi connectivity index (χ0n) is 17.1. The predicted octanol–water partition coefficient (Wildman–Crippen LogP) is 4.24. The molecule has 160 valence electrons. The van der Waals surface area contributed by atoms with Gasteiger partial charge in [-0.2, -0.15) is 0 Å². The second-order valence-electron chi connectivity index (χ2n) is 6.11.